The van der Waals surface area contributed by atoms with E-state index in [0.717, 1.165) is 12.2 Å². The summed E-state index contributed by atoms with van der Waals surface area (Å²) in [5.41, 5.74) is 1.21. The van der Waals surface area contributed by atoms with Crippen LogP contribution in [0.1, 0.15) is 67.1 Å². The summed E-state index contributed by atoms with van der Waals surface area (Å²) in [6.45, 7) is 8.36. The van der Waals surface area contributed by atoms with Gasteiger partial charge in [0, 0.05) is 23.7 Å². The molecule has 0 saturated carbocycles. The first kappa shape index (κ1) is 46.8. The average molecular weight is 855 g/mol. The van der Waals surface area contributed by atoms with Crippen LogP contribution in [0, 0.1) is 0 Å². The Labute approximate surface area is 357 Å². The van der Waals surface area contributed by atoms with Crippen LogP contribution in [-0.2, 0) is 28.5 Å². The van der Waals surface area contributed by atoms with E-state index < -0.39 is 35.8 Å². The van der Waals surface area contributed by atoms with Gasteiger partial charge in [-0.15, -0.1) is 0 Å². The SMILES string of the molecule is C=CC(=O)OCCCCOc1ccc(C(=O)Oc2ccc(C(=O)OCCSCCOC(=O)c3ccc(OC(=O)c4ccc(OCCCCOC(=O)C=C)cc4)cc3)cc2)cc1. The standard InChI is InChI=1S/C46H46O14S/c1-3-41(47)55-27-7-5-25-53-37-17-9-35(10-18-37)45(51)59-39-21-13-33(14-22-39)43(49)57-29-31-61-32-30-58-44(50)34-15-23-40(24-16-34)60-46(52)36-11-19-38(20-12-36)54-26-6-8-28-56-42(48)4-2/h3-4,9-24H,1-2,5-8,25-32H2. The van der Waals surface area contributed by atoms with Crippen molar-refractivity contribution in [1.82, 2.24) is 0 Å². The second-order valence-electron chi connectivity index (χ2n) is 12.6. The summed E-state index contributed by atoms with van der Waals surface area (Å²) in [4.78, 5) is 72.3. The molecule has 0 saturated heterocycles. The van der Waals surface area contributed by atoms with Gasteiger partial charge in [0.05, 0.1) is 48.7 Å². The highest BCUT2D eigenvalue weighted by Gasteiger charge is 2.14. The molecule has 0 aliphatic heterocycles. The number of rotatable bonds is 26. The van der Waals surface area contributed by atoms with E-state index in [0.29, 0.717) is 73.0 Å². The van der Waals surface area contributed by atoms with E-state index in [2.05, 4.69) is 13.2 Å². The zero-order chi connectivity index (χ0) is 43.7. The molecule has 0 spiro atoms. The first-order valence-electron chi connectivity index (χ1n) is 19.3. The van der Waals surface area contributed by atoms with Crippen molar-refractivity contribution < 1.29 is 66.7 Å². The van der Waals surface area contributed by atoms with E-state index in [-0.39, 0.29) is 49.1 Å². The van der Waals surface area contributed by atoms with Crippen LogP contribution >= 0.6 is 11.8 Å². The van der Waals surface area contributed by atoms with Crippen LogP contribution in [0.3, 0.4) is 0 Å². The molecule has 14 nitrogen and oxygen atoms in total. The van der Waals surface area contributed by atoms with Crippen LogP contribution in [0.15, 0.2) is 122 Å². The van der Waals surface area contributed by atoms with E-state index in [4.69, 9.17) is 37.9 Å². The maximum absolute atomic E-state index is 12.6. The quantitative estimate of drug-likeness (QED) is 0.0198. The minimum Gasteiger partial charge on any atom is -0.494 e. The summed E-state index contributed by atoms with van der Waals surface area (Å²) in [7, 11) is 0. The summed E-state index contributed by atoms with van der Waals surface area (Å²) in [5.74, 6) is -0.530. The molecule has 4 aromatic carbocycles. The second kappa shape index (κ2) is 26.3. The lowest BCUT2D eigenvalue weighted by molar-refractivity contribution is -0.138. The van der Waals surface area contributed by atoms with E-state index in [1.54, 1.807) is 48.5 Å². The molecule has 320 valence electrons. The molecule has 0 aromatic heterocycles. The fourth-order valence-corrected chi connectivity index (χ4v) is 5.54. The zero-order valence-corrected chi connectivity index (χ0v) is 34.2. The number of ether oxygens (including phenoxy) is 8. The minimum atomic E-state index is -0.576. The molecule has 0 bridgehead atoms. The number of hydrogen-bond acceptors (Lipinski definition) is 15. The zero-order valence-electron chi connectivity index (χ0n) is 33.4. The highest BCUT2D eigenvalue weighted by Crippen LogP contribution is 2.20. The van der Waals surface area contributed by atoms with Crippen LogP contribution < -0.4 is 18.9 Å². The number of carbonyl (C=O) groups is 6. The first-order valence-corrected chi connectivity index (χ1v) is 20.4. The Bertz CT molecular complexity index is 1910. The molecule has 0 fully saturated rings. The number of carbonyl (C=O) groups excluding carboxylic acids is 6. The van der Waals surface area contributed by atoms with Gasteiger partial charge in [-0.1, -0.05) is 13.2 Å². The van der Waals surface area contributed by atoms with E-state index in [9.17, 15) is 28.8 Å². The van der Waals surface area contributed by atoms with Crippen molar-refractivity contribution in [2.24, 2.45) is 0 Å². The van der Waals surface area contributed by atoms with E-state index in [1.807, 2.05) is 0 Å². The maximum Gasteiger partial charge on any atom is 0.343 e. The number of unbranched alkanes of at least 4 members (excludes halogenated alkanes) is 2. The molecule has 4 aromatic rings. The van der Waals surface area contributed by atoms with Crippen molar-refractivity contribution in [3.63, 3.8) is 0 Å². The third kappa shape index (κ3) is 17.5. The topological polar surface area (TPSA) is 176 Å². The van der Waals surface area contributed by atoms with Gasteiger partial charge in [-0.2, -0.15) is 11.8 Å². The molecule has 0 N–H and O–H groups in total. The van der Waals surface area contributed by atoms with Gasteiger partial charge < -0.3 is 37.9 Å². The van der Waals surface area contributed by atoms with Crippen LogP contribution in [0.25, 0.3) is 0 Å². The Morgan fingerprint density at radius 3 is 1.05 bits per heavy atom. The van der Waals surface area contributed by atoms with Crippen molar-refractivity contribution in [3.05, 3.63) is 145 Å². The van der Waals surface area contributed by atoms with Crippen molar-refractivity contribution in [2.45, 2.75) is 25.7 Å². The largest absolute Gasteiger partial charge is 0.494 e. The highest BCUT2D eigenvalue weighted by atomic mass is 32.2. The van der Waals surface area contributed by atoms with Gasteiger partial charge in [0.1, 0.15) is 36.2 Å². The predicted molar refractivity (Wildman–Crippen MR) is 225 cm³/mol. The van der Waals surface area contributed by atoms with Crippen LogP contribution in [0.4, 0.5) is 0 Å². The van der Waals surface area contributed by atoms with Gasteiger partial charge in [-0.05, 0) is 123 Å². The smallest absolute Gasteiger partial charge is 0.343 e. The van der Waals surface area contributed by atoms with Gasteiger partial charge in [-0.3, -0.25) is 0 Å². The monoisotopic (exact) mass is 854 g/mol. The Morgan fingerprint density at radius 1 is 0.393 bits per heavy atom. The molecular weight excluding hydrogens is 809 g/mol. The highest BCUT2D eigenvalue weighted by molar-refractivity contribution is 7.99. The lowest BCUT2D eigenvalue weighted by atomic mass is 10.2. The fraction of sp³-hybridized carbons (Fsp3) is 0.261. The molecule has 0 aliphatic carbocycles. The molecule has 15 heteroatoms. The number of esters is 6. The average Bonchev–Trinajstić information content (AvgIpc) is 3.28. The summed E-state index contributed by atoms with van der Waals surface area (Å²) >= 11 is 1.44. The van der Waals surface area contributed by atoms with Crippen molar-refractivity contribution in [3.8, 4) is 23.0 Å². The Morgan fingerprint density at radius 2 is 0.705 bits per heavy atom. The predicted octanol–water partition coefficient (Wildman–Crippen LogP) is 7.65. The molecule has 0 aliphatic rings. The molecule has 61 heavy (non-hydrogen) atoms. The maximum atomic E-state index is 12.6. The van der Waals surface area contributed by atoms with Crippen molar-refractivity contribution in [2.75, 3.05) is 51.1 Å². The van der Waals surface area contributed by atoms with Gasteiger partial charge >= 0.3 is 35.8 Å². The number of benzene rings is 4. The molecule has 0 radical (unpaired) electrons. The Kier molecular flexibility index (Phi) is 20.2. The molecule has 0 heterocycles. The minimum absolute atomic E-state index is 0.134. The van der Waals surface area contributed by atoms with Gasteiger partial charge in [0.15, 0.2) is 0 Å². The number of thioether (sulfide) groups is 1. The Hall–Kier alpha value is -6.87. The third-order valence-corrected chi connectivity index (χ3v) is 9.05. The lowest BCUT2D eigenvalue weighted by Gasteiger charge is -2.09. The molecule has 0 unspecified atom stereocenters. The van der Waals surface area contributed by atoms with Gasteiger partial charge in [0.2, 0.25) is 0 Å². The van der Waals surface area contributed by atoms with Crippen molar-refractivity contribution in [1.29, 1.82) is 0 Å². The summed E-state index contributed by atoms with van der Waals surface area (Å²) in [5, 5.41) is 0. The fourth-order valence-electron chi connectivity index (χ4n) is 4.93. The summed E-state index contributed by atoms with van der Waals surface area (Å²) in [6, 6.07) is 24.9. The van der Waals surface area contributed by atoms with E-state index >= 15 is 0 Å². The Balaban J connectivity index is 1.04. The number of hydrogen-bond donors (Lipinski definition) is 0. The second-order valence-corrected chi connectivity index (χ2v) is 13.8. The lowest BCUT2D eigenvalue weighted by Crippen LogP contribution is -2.11. The first-order chi connectivity index (χ1) is 29.6. The van der Waals surface area contributed by atoms with Crippen LogP contribution in [-0.4, -0.2) is 87.0 Å². The summed E-state index contributed by atoms with van der Waals surface area (Å²) in [6.07, 6.45) is 4.87. The molecule has 4 rings (SSSR count). The van der Waals surface area contributed by atoms with Crippen molar-refractivity contribution >= 4 is 47.6 Å². The van der Waals surface area contributed by atoms with Gasteiger partial charge in [-0.25, -0.2) is 28.8 Å². The van der Waals surface area contributed by atoms with E-state index in [1.165, 1.54) is 60.3 Å². The van der Waals surface area contributed by atoms with Crippen LogP contribution in [0.2, 0.25) is 0 Å². The molecule has 0 atom stereocenters. The molecule has 0 amide bonds. The third-order valence-electron chi connectivity index (χ3n) is 8.14. The molecular formula is C46H46O14S. The summed E-state index contributed by atoms with van der Waals surface area (Å²) < 4.78 is 42.6. The van der Waals surface area contributed by atoms with Gasteiger partial charge in [0.25, 0.3) is 0 Å². The van der Waals surface area contributed by atoms with Crippen LogP contribution in [0.5, 0.6) is 23.0 Å². The normalized spacial score (nSPS) is 10.4.